The molecule has 2 atom stereocenters. The number of rotatable bonds is 9. The molecule has 3 nitrogen and oxygen atoms in total. The van der Waals surface area contributed by atoms with E-state index in [1.807, 2.05) is 0 Å². The Labute approximate surface area is 122 Å². The molecule has 4 heteroatoms. The van der Waals surface area contributed by atoms with Crippen LogP contribution in [0.4, 0.5) is 0 Å². The summed E-state index contributed by atoms with van der Waals surface area (Å²) in [6, 6.07) is 0.356. The van der Waals surface area contributed by atoms with Gasteiger partial charge in [0.25, 0.3) is 0 Å². The summed E-state index contributed by atoms with van der Waals surface area (Å²) in [6.07, 6.45) is 6.86. The van der Waals surface area contributed by atoms with Crippen molar-refractivity contribution in [2.24, 2.45) is 17.1 Å². The quantitative estimate of drug-likeness (QED) is 0.639. The maximum atomic E-state index is 12.6. The Kier molecular flexibility index (Phi) is 6.24. The fourth-order valence-corrected chi connectivity index (χ4v) is 3.28. The van der Waals surface area contributed by atoms with Crippen LogP contribution < -0.4 is 11.1 Å². The van der Waals surface area contributed by atoms with Gasteiger partial charge in [-0.3, -0.25) is 4.79 Å². The van der Waals surface area contributed by atoms with Gasteiger partial charge in [-0.25, -0.2) is 0 Å². The van der Waals surface area contributed by atoms with Crippen molar-refractivity contribution in [2.75, 3.05) is 0 Å². The van der Waals surface area contributed by atoms with Crippen molar-refractivity contribution in [3.8, 4) is 0 Å². The Morgan fingerprint density at radius 3 is 2.26 bits per heavy atom. The van der Waals surface area contributed by atoms with Crippen molar-refractivity contribution in [2.45, 2.75) is 71.8 Å². The highest BCUT2D eigenvalue weighted by atomic mass is 32.1. The smallest absolute Gasteiger partial charge is 0.233 e. The van der Waals surface area contributed by atoms with Gasteiger partial charge in [-0.1, -0.05) is 52.3 Å². The van der Waals surface area contributed by atoms with E-state index in [9.17, 15) is 4.79 Å². The van der Waals surface area contributed by atoms with E-state index in [4.69, 9.17) is 18.0 Å². The molecule has 1 rings (SSSR count). The van der Waals surface area contributed by atoms with Gasteiger partial charge in [-0.2, -0.15) is 0 Å². The maximum absolute atomic E-state index is 12.6. The van der Waals surface area contributed by atoms with E-state index in [0.29, 0.717) is 16.9 Å². The van der Waals surface area contributed by atoms with Crippen LogP contribution in [0.1, 0.15) is 65.7 Å². The van der Waals surface area contributed by atoms with Crippen LogP contribution in [0.2, 0.25) is 0 Å². The van der Waals surface area contributed by atoms with Gasteiger partial charge in [-0.15, -0.1) is 0 Å². The zero-order chi connectivity index (χ0) is 14.5. The van der Waals surface area contributed by atoms with Crippen molar-refractivity contribution in [3.05, 3.63) is 0 Å². The first-order valence-electron chi connectivity index (χ1n) is 7.62. The third kappa shape index (κ3) is 3.91. The highest BCUT2D eigenvalue weighted by Gasteiger charge is 2.44. The second-order valence-electron chi connectivity index (χ2n) is 5.81. The molecule has 0 aromatic heterocycles. The minimum absolute atomic E-state index is 0.0623. The van der Waals surface area contributed by atoms with Crippen LogP contribution in [0, 0.1) is 11.3 Å². The van der Waals surface area contributed by atoms with E-state index in [1.54, 1.807) is 0 Å². The van der Waals surface area contributed by atoms with Gasteiger partial charge in [0.1, 0.15) is 0 Å². The van der Waals surface area contributed by atoms with E-state index >= 15 is 0 Å². The molecule has 1 fully saturated rings. The normalized spacial score (nSPS) is 22.1. The average molecular weight is 284 g/mol. The Bertz CT molecular complexity index is 324. The van der Waals surface area contributed by atoms with Crippen LogP contribution in [0.5, 0.6) is 0 Å². The molecule has 1 saturated carbocycles. The van der Waals surface area contributed by atoms with Crippen molar-refractivity contribution >= 4 is 23.1 Å². The van der Waals surface area contributed by atoms with E-state index in [0.717, 1.165) is 32.1 Å². The Balaban J connectivity index is 2.69. The molecule has 0 aliphatic heterocycles. The molecule has 1 aliphatic rings. The molecular formula is C15H28N2OS. The van der Waals surface area contributed by atoms with Gasteiger partial charge in [0.2, 0.25) is 5.91 Å². The second-order valence-corrected chi connectivity index (χ2v) is 6.25. The number of thiocarbonyl (C=S) groups is 1. The van der Waals surface area contributed by atoms with Crippen molar-refractivity contribution < 1.29 is 4.79 Å². The Morgan fingerprint density at radius 1 is 1.26 bits per heavy atom. The first-order chi connectivity index (χ1) is 9.01. The Hall–Kier alpha value is -0.640. The van der Waals surface area contributed by atoms with Crippen LogP contribution in [-0.4, -0.2) is 16.9 Å². The first-order valence-corrected chi connectivity index (χ1v) is 8.03. The van der Waals surface area contributed by atoms with Crippen LogP contribution >= 0.6 is 12.2 Å². The van der Waals surface area contributed by atoms with Crippen LogP contribution in [0.25, 0.3) is 0 Å². The maximum Gasteiger partial charge on any atom is 0.233 e. The zero-order valence-electron chi connectivity index (χ0n) is 12.5. The average Bonchev–Trinajstić information content (AvgIpc) is 3.06. The predicted octanol–water partition coefficient (Wildman–Crippen LogP) is 3.16. The monoisotopic (exact) mass is 284 g/mol. The van der Waals surface area contributed by atoms with E-state index in [-0.39, 0.29) is 5.91 Å². The summed E-state index contributed by atoms with van der Waals surface area (Å²) in [5.74, 6) is 0.730. The summed E-state index contributed by atoms with van der Waals surface area (Å²) >= 11 is 5.21. The fourth-order valence-electron chi connectivity index (χ4n) is 2.98. The highest BCUT2D eigenvalue weighted by Crippen LogP contribution is 2.37. The number of hydrogen-bond donors (Lipinski definition) is 2. The first kappa shape index (κ1) is 16.4. The largest absolute Gasteiger partial charge is 0.392 e. The van der Waals surface area contributed by atoms with E-state index in [1.165, 1.54) is 12.8 Å². The summed E-state index contributed by atoms with van der Waals surface area (Å²) in [4.78, 5) is 13.0. The molecule has 0 radical (unpaired) electrons. The summed E-state index contributed by atoms with van der Waals surface area (Å²) < 4.78 is 0. The SMILES string of the molecule is CCCC1CC1NC(=O)C(CCC)(CCC)C(N)=S. The van der Waals surface area contributed by atoms with Crippen LogP contribution in [0.15, 0.2) is 0 Å². The van der Waals surface area contributed by atoms with Gasteiger partial charge in [0, 0.05) is 6.04 Å². The molecule has 0 bridgehead atoms. The number of hydrogen-bond acceptors (Lipinski definition) is 2. The lowest BCUT2D eigenvalue weighted by Gasteiger charge is -2.31. The van der Waals surface area contributed by atoms with Crippen molar-refractivity contribution in [3.63, 3.8) is 0 Å². The lowest BCUT2D eigenvalue weighted by atomic mass is 9.78. The molecule has 1 aliphatic carbocycles. The zero-order valence-corrected chi connectivity index (χ0v) is 13.3. The third-order valence-corrected chi connectivity index (χ3v) is 4.55. The molecule has 19 heavy (non-hydrogen) atoms. The van der Waals surface area contributed by atoms with Crippen molar-refractivity contribution in [1.82, 2.24) is 5.32 Å². The number of nitrogens with one attached hydrogen (secondary N) is 1. The Morgan fingerprint density at radius 2 is 1.84 bits per heavy atom. The molecule has 0 spiro atoms. The van der Waals surface area contributed by atoms with Gasteiger partial charge in [-0.05, 0) is 31.6 Å². The number of amides is 1. The summed E-state index contributed by atoms with van der Waals surface area (Å²) in [7, 11) is 0. The van der Waals surface area contributed by atoms with E-state index < -0.39 is 5.41 Å². The van der Waals surface area contributed by atoms with Crippen LogP contribution in [-0.2, 0) is 4.79 Å². The van der Waals surface area contributed by atoms with Crippen molar-refractivity contribution in [1.29, 1.82) is 0 Å². The molecule has 0 heterocycles. The summed E-state index contributed by atoms with van der Waals surface area (Å²) in [6.45, 7) is 6.34. The minimum atomic E-state index is -0.627. The highest BCUT2D eigenvalue weighted by molar-refractivity contribution is 7.80. The molecular weight excluding hydrogens is 256 g/mol. The fraction of sp³-hybridized carbons (Fsp3) is 0.867. The van der Waals surface area contributed by atoms with E-state index in [2.05, 4.69) is 26.1 Å². The third-order valence-electron chi connectivity index (χ3n) is 4.16. The second kappa shape index (κ2) is 7.22. The number of nitrogens with two attached hydrogens (primary N) is 1. The molecule has 3 N–H and O–H groups in total. The number of carbonyl (C=O) groups excluding carboxylic acids is 1. The molecule has 0 aromatic rings. The molecule has 0 saturated heterocycles. The summed E-state index contributed by atoms with van der Waals surface area (Å²) in [5.41, 5.74) is 5.28. The summed E-state index contributed by atoms with van der Waals surface area (Å²) in [5, 5.41) is 3.17. The lowest BCUT2D eigenvalue weighted by molar-refractivity contribution is -0.128. The van der Waals surface area contributed by atoms with Gasteiger partial charge < -0.3 is 11.1 Å². The predicted molar refractivity (Wildman–Crippen MR) is 84.0 cm³/mol. The molecule has 2 unspecified atom stereocenters. The van der Waals surface area contributed by atoms with Gasteiger partial charge in [0.15, 0.2) is 0 Å². The van der Waals surface area contributed by atoms with Crippen LogP contribution in [0.3, 0.4) is 0 Å². The standard InChI is InChI=1S/C15H28N2OS/c1-4-7-11-10-12(11)17-14(18)15(8-5-2,9-6-3)13(16)19/h11-12H,4-10H2,1-3H3,(H2,16,19)(H,17,18). The van der Waals surface area contributed by atoms with Gasteiger partial charge in [0.05, 0.1) is 10.4 Å². The molecule has 110 valence electrons. The molecule has 0 aromatic carbocycles. The minimum Gasteiger partial charge on any atom is -0.392 e. The topological polar surface area (TPSA) is 55.1 Å². The lowest BCUT2D eigenvalue weighted by Crippen LogP contribution is -2.49. The molecule has 1 amide bonds. The number of carbonyl (C=O) groups is 1. The van der Waals surface area contributed by atoms with Gasteiger partial charge >= 0.3 is 0 Å².